The molecule has 2 rings (SSSR count). The summed E-state index contributed by atoms with van der Waals surface area (Å²) in [6.07, 6.45) is 0.591. The number of amides is 1. The van der Waals surface area contributed by atoms with Crippen LogP contribution in [0, 0.1) is 5.92 Å². The molecule has 7 heteroatoms. The predicted octanol–water partition coefficient (Wildman–Crippen LogP) is -1.32. The Bertz CT molecular complexity index is 625. The van der Waals surface area contributed by atoms with E-state index in [1.54, 1.807) is 7.11 Å². The van der Waals surface area contributed by atoms with Crippen LogP contribution < -0.4 is 19.9 Å². The van der Waals surface area contributed by atoms with Crippen LogP contribution in [0.3, 0.4) is 0 Å². The summed E-state index contributed by atoms with van der Waals surface area (Å²) < 4.78 is 10.0. The van der Waals surface area contributed by atoms with Crippen molar-refractivity contribution in [3.63, 3.8) is 0 Å². The van der Waals surface area contributed by atoms with Gasteiger partial charge in [0.2, 0.25) is 0 Å². The molecule has 0 aliphatic carbocycles. The molecule has 0 aromatic heterocycles. The van der Waals surface area contributed by atoms with Gasteiger partial charge in [0.25, 0.3) is 5.91 Å². The molecule has 1 fully saturated rings. The predicted molar refractivity (Wildman–Crippen MR) is 106 cm³/mol. The number of benzene rings is 1. The highest BCUT2D eigenvalue weighted by atomic mass is 16.5. The highest BCUT2D eigenvalue weighted by molar-refractivity contribution is 5.84. The second-order valence-corrected chi connectivity index (χ2v) is 7.97. The fourth-order valence-corrected chi connectivity index (χ4v) is 3.64. The van der Waals surface area contributed by atoms with Crippen molar-refractivity contribution in [2.75, 3.05) is 46.9 Å². The van der Waals surface area contributed by atoms with Crippen molar-refractivity contribution in [2.24, 2.45) is 5.92 Å². The van der Waals surface area contributed by atoms with Crippen LogP contribution in [-0.4, -0.2) is 64.9 Å². The molecule has 3 N–H and O–H groups in total. The van der Waals surface area contributed by atoms with Crippen LogP contribution >= 0.6 is 0 Å². The van der Waals surface area contributed by atoms with E-state index in [2.05, 4.69) is 17.4 Å². The molecule has 1 aliphatic heterocycles. The normalized spacial score (nSPS) is 20.5. The van der Waals surface area contributed by atoms with Gasteiger partial charge in [-0.3, -0.25) is 4.79 Å². The molecule has 0 unspecified atom stereocenters. The lowest BCUT2D eigenvalue weighted by Gasteiger charge is -2.29. The smallest absolute Gasteiger partial charge is 0.328 e. The fourth-order valence-electron chi connectivity index (χ4n) is 3.64. The summed E-state index contributed by atoms with van der Waals surface area (Å²) in [5.41, 5.74) is 1.30. The molecule has 1 heterocycles. The molecule has 1 aromatic carbocycles. The first kappa shape index (κ1) is 22.2. The van der Waals surface area contributed by atoms with Gasteiger partial charge in [-0.2, -0.15) is 0 Å². The summed E-state index contributed by atoms with van der Waals surface area (Å²) in [6.45, 7) is 9.40. The van der Waals surface area contributed by atoms with Gasteiger partial charge >= 0.3 is 5.97 Å². The van der Waals surface area contributed by atoms with E-state index in [1.165, 1.54) is 22.5 Å². The fraction of sp³-hybridized carbons (Fsp3) is 0.619. The summed E-state index contributed by atoms with van der Waals surface area (Å²) in [4.78, 5) is 27.1. The maximum atomic E-state index is 12.4. The average Bonchev–Trinajstić information content (AvgIpc) is 2.68. The molecule has 1 atom stereocenters. The van der Waals surface area contributed by atoms with Crippen LogP contribution in [0.15, 0.2) is 24.3 Å². The Morgan fingerprint density at radius 3 is 2.18 bits per heavy atom. The lowest BCUT2D eigenvalue weighted by atomic mass is 10.0. The zero-order chi connectivity index (χ0) is 20.5. The summed E-state index contributed by atoms with van der Waals surface area (Å²) in [5, 5.41) is 2.86. The number of hydrogen-bond acceptors (Lipinski definition) is 4. The second-order valence-electron chi connectivity index (χ2n) is 7.97. The summed E-state index contributed by atoms with van der Waals surface area (Å²) >= 11 is 0. The number of nitrogens with one attached hydrogen (secondary N) is 3. The number of ether oxygens (including phenoxy) is 2. The minimum atomic E-state index is -0.557. The van der Waals surface area contributed by atoms with E-state index in [0.717, 1.165) is 38.5 Å². The molecule has 0 radical (unpaired) electrons. The molecule has 1 amide bonds. The highest BCUT2D eigenvalue weighted by Gasteiger charge is 2.28. The van der Waals surface area contributed by atoms with Crippen LogP contribution in [-0.2, 0) is 20.9 Å². The minimum Gasteiger partial charge on any atom is -0.497 e. The lowest BCUT2D eigenvalue weighted by Crippen LogP contribution is -3.28. The quantitative estimate of drug-likeness (QED) is 0.455. The Morgan fingerprint density at radius 2 is 1.64 bits per heavy atom. The molecule has 0 saturated carbocycles. The van der Waals surface area contributed by atoms with Gasteiger partial charge in [-0.1, -0.05) is 13.8 Å². The summed E-state index contributed by atoms with van der Waals surface area (Å²) in [5.74, 6) is 0.735. The first-order chi connectivity index (χ1) is 13.4. The number of esters is 1. The monoisotopic (exact) mass is 393 g/mol. The summed E-state index contributed by atoms with van der Waals surface area (Å²) in [6, 6.07) is 7.66. The third-order valence-corrected chi connectivity index (χ3v) is 5.22. The molecule has 156 valence electrons. The van der Waals surface area contributed by atoms with Crippen LogP contribution in [0.25, 0.3) is 0 Å². The van der Waals surface area contributed by atoms with Crippen molar-refractivity contribution < 1.29 is 28.9 Å². The van der Waals surface area contributed by atoms with Gasteiger partial charge in [0, 0.05) is 5.56 Å². The molecular formula is C21H35N3O4+2. The van der Waals surface area contributed by atoms with Crippen molar-refractivity contribution in [2.45, 2.75) is 32.9 Å². The Hall–Kier alpha value is -2.12. The van der Waals surface area contributed by atoms with E-state index >= 15 is 0 Å². The lowest BCUT2D eigenvalue weighted by molar-refractivity contribution is -1.02. The minimum absolute atomic E-state index is 0.0790. The van der Waals surface area contributed by atoms with Crippen LogP contribution in [0.2, 0.25) is 0 Å². The number of methoxy groups -OCH3 is 2. The molecule has 7 nitrogen and oxygen atoms in total. The standard InChI is InChI=1S/C21H33N3O4/c1-16(2)13-19(21(26)28-4)22-20(25)15-24-11-9-23(10-12-24)14-17-5-7-18(27-3)8-6-17/h5-8,16,19H,9-15H2,1-4H3,(H,22,25)/p+2/t19-/m1/s1. The molecular weight excluding hydrogens is 358 g/mol. The average molecular weight is 394 g/mol. The zero-order valence-electron chi connectivity index (χ0n) is 17.5. The Morgan fingerprint density at radius 1 is 1.04 bits per heavy atom. The number of carbonyl (C=O) groups excluding carboxylic acids is 2. The molecule has 1 saturated heterocycles. The van der Waals surface area contributed by atoms with Gasteiger partial charge in [0.1, 0.15) is 44.5 Å². The number of carbonyl (C=O) groups is 2. The van der Waals surface area contributed by atoms with Gasteiger partial charge < -0.3 is 24.6 Å². The number of hydrogen-bond donors (Lipinski definition) is 3. The van der Waals surface area contributed by atoms with Gasteiger partial charge in [-0.05, 0) is 36.6 Å². The topological polar surface area (TPSA) is 73.5 Å². The van der Waals surface area contributed by atoms with Gasteiger partial charge in [-0.15, -0.1) is 0 Å². The Balaban J connectivity index is 1.76. The maximum Gasteiger partial charge on any atom is 0.328 e. The molecule has 1 aliphatic rings. The van der Waals surface area contributed by atoms with E-state index in [-0.39, 0.29) is 11.9 Å². The first-order valence-corrected chi connectivity index (χ1v) is 10.1. The Kier molecular flexibility index (Phi) is 8.73. The van der Waals surface area contributed by atoms with E-state index in [4.69, 9.17) is 9.47 Å². The van der Waals surface area contributed by atoms with Crippen LogP contribution in [0.5, 0.6) is 5.75 Å². The molecule has 1 aromatic rings. The SMILES string of the molecule is COC(=O)[C@@H](CC(C)C)NC(=O)C[NH+]1CC[NH+](Cc2ccc(OC)cc2)CC1. The third-order valence-electron chi connectivity index (χ3n) is 5.22. The van der Waals surface area contributed by atoms with Gasteiger partial charge in [0.05, 0.1) is 14.2 Å². The number of quaternary nitrogens is 2. The van der Waals surface area contributed by atoms with E-state index in [1.807, 2.05) is 26.0 Å². The number of rotatable bonds is 9. The van der Waals surface area contributed by atoms with E-state index in [9.17, 15) is 9.59 Å². The second kappa shape index (κ2) is 11.0. The highest BCUT2D eigenvalue weighted by Crippen LogP contribution is 2.10. The molecule has 28 heavy (non-hydrogen) atoms. The van der Waals surface area contributed by atoms with E-state index in [0.29, 0.717) is 18.9 Å². The maximum absolute atomic E-state index is 12.4. The van der Waals surface area contributed by atoms with Crippen LogP contribution in [0.4, 0.5) is 0 Å². The van der Waals surface area contributed by atoms with Crippen LogP contribution in [0.1, 0.15) is 25.8 Å². The molecule has 0 bridgehead atoms. The number of piperazine rings is 1. The third kappa shape index (κ3) is 7.13. The van der Waals surface area contributed by atoms with Crippen molar-refractivity contribution >= 4 is 11.9 Å². The van der Waals surface area contributed by atoms with Crippen molar-refractivity contribution in [3.8, 4) is 5.75 Å². The van der Waals surface area contributed by atoms with Crippen molar-refractivity contribution in [1.29, 1.82) is 0 Å². The van der Waals surface area contributed by atoms with Gasteiger partial charge in [-0.25, -0.2) is 4.79 Å². The Labute approximate surface area is 168 Å². The van der Waals surface area contributed by atoms with Gasteiger partial charge in [0.15, 0.2) is 6.54 Å². The largest absolute Gasteiger partial charge is 0.497 e. The van der Waals surface area contributed by atoms with Crippen molar-refractivity contribution in [3.05, 3.63) is 29.8 Å². The first-order valence-electron chi connectivity index (χ1n) is 10.1. The van der Waals surface area contributed by atoms with E-state index < -0.39 is 6.04 Å². The van der Waals surface area contributed by atoms with Crippen molar-refractivity contribution in [1.82, 2.24) is 5.32 Å². The molecule has 0 spiro atoms. The zero-order valence-corrected chi connectivity index (χ0v) is 17.5. The summed E-state index contributed by atoms with van der Waals surface area (Å²) in [7, 11) is 3.03.